The van der Waals surface area contributed by atoms with Crippen molar-refractivity contribution in [3.63, 3.8) is 0 Å². The summed E-state index contributed by atoms with van der Waals surface area (Å²) in [4.78, 5) is 0. The zero-order valence-corrected chi connectivity index (χ0v) is 14.2. The van der Waals surface area contributed by atoms with Crippen LogP contribution in [0.2, 0.25) is 0 Å². The fourth-order valence-electron chi connectivity index (χ4n) is 4.41. The number of hydrogen-bond acceptors (Lipinski definition) is 3. The predicted octanol–water partition coefficient (Wildman–Crippen LogP) is 4.06. The summed E-state index contributed by atoms with van der Waals surface area (Å²) in [5, 5.41) is 3.71. The topological polar surface area (TPSA) is 30.5 Å². The van der Waals surface area contributed by atoms with E-state index in [4.69, 9.17) is 9.47 Å². The Labute approximate surface area is 144 Å². The second-order valence-corrected chi connectivity index (χ2v) is 6.92. The molecule has 3 unspecified atom stereocenters. The van der Waals surface area contributed by atoms with Gasteiger partial charge in [-0.05, 0) is 43.0 Å². The van der Waals surface area contributed by atoms with Crippen molar-refractivity contribution in [3.8, 4) is 5.75 Å². The molecule has 3 heteroatoms. The molecule has 2 heterocycles. The Bertz CT molecular complexity index is 687. The molecule has 2 aliphatic rings. The summed E-state index contributed by atoms with van der Waals surface area (Å²) in [5.41, 5.74) is 2.50. The molecule has 0 aliphatic carbocycles. The van der Waals surface area contributed by atoms with Gasteiger partial charge in [0, 0.05) is 5.92 Å². The molecule has 2 aliphatic heterocycles. The van der Waals surface area contributed by atoms with Crippen molar-refractivity contribution in [2.45, 2.75) is 36.8 Å². The minimum atomic E-state index is -0.106. The van der Waals surface area contributed by atoms with Gasteiger partial charge in [-0.15, -0.1) is 0 Å². The third kappa shape index (κ3) is 2.72. The molecular formula is C21H25NO2. The van der Waals surface area contributed by atoms with Crippen LogP contribution >= 0.6 is 0 Å². The van der Waals surface area contributed by atoms with Crippen LogP contribution < -0.4 is 10.1 Å². The lowest BCUT2D eigenvalue weighted by Gasteiger charge is -2.41. The lowest BCUT2D eigenvalue weighted by atomic mass is 9.77. The smallest absolute Gasteiger partial charge is 0.122 e. The molecule has 2 saturated heterocycles. The lowest BCUT2D eigenvalue weighted by Crippen LogP contribution is -2.48. The van der Waals surface area contributed by atoms with Crippen molar-refractivity contribution in [1.29, 1.82) is 0 Å². The number of para-hydroxylation sites is 1. The molecule has 0 amide bonds. The molecule has 1 N–H and O–H groups in total. The van der Waals surface area contributed by atoms with Crippen LogP contribution in [-0.4, -0.2) is 25.9 Å². The molecular weight excluding hydrogens is 298 g/mol. The van der Waals surface area contributed by atoms with E-state index in [2.05, 4.69) is 47.8 Å². The van der Waals surface area contributed by atoms with Crippen LogP contribution in [0.1, 0.15) is 42.3 Å². The van der Waals surface area contributed by atoms with Gasteiger partial charge in [0.15, 0.2) is 0 Å². The maximum atomic E-state index is 6.50. The maximum absolute atomic E-state index is 6.50. The molecule has 2 aromatic rings. The van der Waals surface area contributed by atoms with Crippen molar-refractivity contribution in [2.75, 3.05) is 20.3 Å². The zero-order valence-electron chi connectivity index (χ0n) is 14.2. The normalized spacial score (nSPS) is 29.7. The summed E-state index contributed by atoms with van der Waals surface area (Å²) in [6.45, 7) is 1.83. The number of hydrogen-bond donors (Lipinski definition) is 1. The monoisotopic (exact) mass is 323 g/mol. The second kappa shape index (κ2) is 6.58. The number of piperidine rings is 1. The predicted molar refractivity (Wildman–Crippen MR) is 95.5 cm³/mol. The first-order valence-corrected chi connectivity index (χ1v) is 8.88. The van der Waals surface area contributed by atoms with E-state index in [-0.39, 0.29) is 11.6 Å². The molecule has 2 fully saturated rings. The molecule has 0 saturated carbocycles. The maximum Gasteiger partial charge on any atom is 0.122 e. The van der Waals surface area contributed by atoms with Gasteiger partial charge in [0.2, 0.25) is 0 Å². The molecule has 126 valence electrons. The minimum Gasteiger partial charge on any atom is -0.496 e. The van der Waals surface area contributed by atoms with Gasteiger partial charge in [0.25, 0.3) is 0 Å². The fraction of sp³-hybridized carbons (Fsp3) is 0.429. The summed E-state index contributed by atoms with van der Waals surface area (Å²) >= 11 is 0. The molecule has 0 radical (unpaired) electrons. The Hall–Kier alpha value is -1.84. The number of benzene rings is 2. The van der Waals surface area contributed by atoms with Crippen molar-refractivity contribution >= 4 is 0 Å². The first-order valence-electron chi connectivity index (χ1n) is 8.88. The highest BCUT2D eigenvalue weighted by atomic mass is 16.5. The molecule has 1 spiro atoms. The first-order chi connectivity index (χ1) is 11.8. The van der Waals surface area contributed by atoms with Crippen LogP contribution in [0.15, 0.2) is 54.6 Å². The van der Waals surface area contributed by atoms with E-state index in [0.29, 0.717) is 5.92 Å². The molecule has 3 atom stereocenters. The number of methoxy groups -OCH3 is 1. The van der Waals surface area contributed by atoms with Crippen molar-refractivity contribution in [2.24, 2.45) is 0 Å². The van der Waals surface area contributed by atoms with Crippen molar-refractivity contribution in [1.82, 2.24) is 5.32 Å². The van der Waals surface area contributed by atoms with Gasteiger partial charge in [-0.2, -0.15) is 0 Å². The van der Waals surface area contributed by atoms with Gasteiger partial charge in [-0.3, -0.25) is 0 Å². The van der Waals surface area contributed by atoms with Gasteiger partial charge in [0.05, 0.1) is 25.4 Å². The van der Waals surface area contributed by atoms with Crippen molar-refractivity contribution in [3.05, 3.63) is 65.7 Å². The lowest BCUT2D eigenvalue weighted by molar-refractivity contribution is -0.0484. The van der Waals surface area contributed by atoms with E-state index >= 15 is 0 Å². The number of rotatable bonds is 3. The van der Waals surface area contributed by atoms with Gasteiger partial charge in [-0.1, -0.05) is 48.5 Å². The Balaban J connectivity index is 1.63. The average molecular weight is 323 g/mol. The summed E-state index contributed by atoms with van der Waals surface area (Å²) in [6, 6.07) is 19.4. The Morgan fingerprint density at radius 2 is 1.88 bits per heavy atom. The fourth-order valence-corrected chi connectivity index (χ4v) is 4.41. The molecule has 4 rings (SSSR count). The Morgan fingerprint density at radius 3 is 2.71 bits per heavy atom. The molecule has 3 nitrogen and oxygen atoms in total. The van der Waals surface area contributed by atoms with E-state index in [0.717, 1.165) is 31.7 Å². The molecule has 0 aromatic heterocycles. The largest absolute Gasteiger partial charge is 0.496 e. The summed E-state index contributed by atoms with van der Waals surface area (Å²) in [5.74, 6) is 1.37. The SMILES string of the molecule is COc1ccccc1C1COC2(CCCNC2c2ccccc2)C1. The third-order valence-electron chi connectivity index (χ3n) is 5.53. The highest BCUT2D eigenvalue weighted by Gasteiger charge is 2.48. The molecule has 2 aromatic carbocycles. The Morgan fingerprint density at radius 1 is 1.08 bits per heavy atom. The molecule has 24 heavy (non-hydrogen) atoms. The zero-order chi connectivity index (χ0) is 16.4. The highest BCUT2D eigenvalue weighted by molar-refractivity contribution is 5.38. The van der Waals surface area contributed by atoms with Gasteiger partial charge in [0.1, 0.15) is 5.75 Å². The minimum absolute atomic E-state index is 0.106. The third-order valence-corrected chi connectivity index (χ3v) is 5.53. The van der Waals surface area contributed by atoms with E-state index < -0.39 is 0 Å². The summed E-state index contributed by atoms with van der Waals surface area (Å²) in [6.07, 6.45) is 3.33. The number of nitrogens with one attached hydrogen (secondary N) is 1. The van der Waals surface area contributed by atoms with Crippen LogP contribution in [0.25, 0.3) is 0 Å². The van der Waals surface area contributed by atoms with Gasteiger partial charge >= 0.3 is 0 Å². The molecule has 0 bridgehead atoms. The first kappa shape index (κ1) is 15.7. The van der Waals surface area contributed by atoms with Crippen molar-refractivity contribution < 1.29 is 9.47 Å². The van der Waals surface area contributed by atoms with E-state index in [9.17, 15) is 0 Å². The number of ether oxygens (including phenoxy) is 2. The van der Waals surface area contributed by atoms with E-state index in [1.807, 2.05) is 12.1 Å². The Kier molecular flexibility index (Phi) is 4.30. The van der Waals surface area contributed by atoms with Crippen LogP contribution in [0.4, 0.5) is 0 Å². The van der Waals surface area contributed by atoms with Crippen LogP contribution in [-0.2, 0) is 4.74 Å². The van der Waals surface area contributed by atoms with Crippen LogP contribution in [0.5, 0.6) is 5.75 Å². The van der Waals surface area contributed by atoms with Crippen LogP contribution in [0.3, 0.4) is 0 Å². The van der Waals surface area contributed by atoms with E-state index in [1.54, 1.807) is 7.11 Å². The van der Waals surface area contributed by atoms with E-state index in [1.165, 1.54) is 17.5 Å². The van der Waals surface area contributed by atoms with Crippen LogP contribution in [0, 0.1) is 0 Å². The highest BCUT2D eigenvalue weighted by Crippen LogP contribution is 2.49. The summed E-state index contributed by atoms with van der Waals surface area (Å²) < 4.78 is 12.1. The average Bonchev–Trinajstić information content (AvgIpc) is 3.07. The quantitative estimate of drug-likeness (QED) is 0.924. The second-order valence-electron chi connectivity index (χ2n) is 6.92. The summed E-state index contributed by atoms with van der Waals surface area (Å²) in [7, 11) is 1.75. The van der Waals surface area contributed by atoms with Gasteiger partial charge in [-0.25, -0.2) is 0 Å². The standard InChI is InChI=1S/C21H25NO2/c1-23-19-11-6-5-10-18(19)17-14-21(24-15-17)12-7-13-22-20(21)16-8-3-2-4-9-16/h2-6,8-11,17,20,22H,7,12-15H2,1H3. The van der Waals surface area contributed by atoms with Gasteiger partial charge < -0.3 is 14.8 Å².